The van der Waals surface area contributed by atoms with Crippen LogP contribution in [0.4, 0.5) is 0 Å². The Kier molecular flexibility index (Phi) is 4.10. The van der Waals surface area contributed by atoms with E-state index in [1.54, 1.807) is 17.5 Å². The van der Waals surface area contributed by atoms with E-state index in [0.717, 1.165) is 17.2 Å². The van der Waals surface area contributed by atoms with Crippen molar-refractivity contribution in [2.45, 2.75) is 19.9 Å². The molecule has 5 heteroatoms. The molecule has 2 heterocycles. The zero-order valence-electron chi connectivity index (χ0n) is 9.77. The number of hydrogen-bond donors (Lipinski definition) is 1. The van der Waals surface area contributed by atoms with Gasteiger partial charge < -0.3 is 5.32 Å². The fraction of sp³-hybridized carbons (Fsp3) is 0.333. The fourth-order valence-electron chi connectivity index (χ4n) is 1.55. The van der Waals surface area contributed by atoms with Gasteiger partial charge in [-0.05, 0) is 25.6 Å². The molecule has 0 saturated heterocycles. The number of thiazole rings is 1. The summed E-state index contributed by atoms with van der Waals surface area (Å²) in [5.74, 6) is 0. The first-order valence-electron chi connectivity index (χ1n) is 5.52. The van der Waals surface area contributed by atoms with Gasteiger partial charge in [0.1, 0.15) is 10.7 Å². The van der Waals surface area contributed by atoms with Gasteiger partial charge in [-0.2, -0.15) is 0 Å². The van der Waals surface area contributed by atoms with E-state index in [0.29, 0.717) is 11.1 Å². The van der Waals surface area contributed by atoms with E-state index in [1.807, 2.05) is 18.3 Å². The van der Waals surface area contributed by atoms with Gasteiger partial charge in [0.2, 0.25) is 0 Å². The molecule has 0 amide bonds. The number of pyridine rings is 1. The highest BCUT2D eigenvalue weighted by Crippen LogP contribution is 2.31. The predicted octanol–water partition coefficient (Wildman–Crippen LogP) is 3.53. The highest BCUT2D eigenvalue weighted by Gasteiger charge is 2.12. The normalized spacial score (nSPS) is 12.6. The lowest BCUT2D eigenvalue weighted by molar-refractivity contribution is 0.606. The predicted molar refractivity (Wildman–Crippen MR) is 72.4 cm³/mol. The third-order valence-electron chi connectivity index (χ3n) is 2.42. The summed E-state index contributed by atoms with van der Waals surface area (Å²) in [5.41, 5.74) is 0.758. The first kappa shape index (κ1) is 12.5. The Morgan fingerprint density at radius 2 is 2.29 bits per heavy atom. The first-order chi connectivity index (χ1) is 8.22. The lowest BCUT2D eigenvalue weighted by Crippen LogP contribution is -2.16. The summed E-state index contributed by atoms with van der Waals surface area (Å²) < 4.78 is 0. The molecular formula is C12H14ClN3S. The fourth-order valence-corrected chi connectivity index (χ4v) is 2.77. The average Bonchev–Trinajstić information content (AvgIpc) is 2.79. The monoisotopic (exact) mass is 267 g/mol. The van der Waals surface area contributed by atoms with Gasteiger partial charge in [0.25, 0.3) is 0 Å². The minimum Gasteiger partial charge on any atom is -0.310 e. The summed E-state index contributed by atoms with van der Waals surface area (Å²) in [6, 6.07) is 3.97. The standard InChI is InChI=1S/C12H14ClN3S/c1-3-14-8(2)10-7-16-12(17-10)11-9(13)5-4-6-15-11/h4-8,14H,3H2,1-2H3. The molecule has 0 aliphatic heterocycles. The maximum Gasteiger partial charge on any atom is 0.143 e. The Hall–Kier alpha value is -0.970. The molecule has 0 spiro atoms. The molecule has 1 atom stereocenters. The van der Waals surface area contributed by atoms with Crippen molar-refractivity contribution in [3.05, 3.63) is 34.4 Å². The molecule has 3 nitrogen and oxygen atoms in total. The molecule has 0 bridgehead atoms. The van der Waals surface area contributed by atoms with Gasteiger partial charge in [-0.15, -0.1) is 11.3 Å². The number of nitrogens with one attached hydrogen (secondary N) is 1. The molecule has 90 valence electrons. The smallest absolute Gasteiger partial charge is 0.143 e. The largest absolute Gasteiger partial charge is 0.310 e. The summed E-state index contributed by atoms with van der Waals surface area (Å²) in [6.45, 7) is 5.16. The SMILES string of the molecule is CCNC(C)c1cnc(-c2ncccc2Cl)s1. The van der Waals surface area contributed by atoms with Gasteiger partial charge >= 0.3 is 0 Å². The van der Waals surface area contributed by atoms with E-state index in [4.69, 9.17) is 11.6 Å². The second kappa shape index (κ2) is 5.58. The zero-order chi connectivity index (χ0) is 12.3. The van der Waals surface area contributed by atoms with Crippen molar-refractivity contribution in [2.24, 2.45) is 0 Å². The Bertz CT molecular complexity index is 498. The van der Waals surface area contributed by atoms with Crippen molar-refractivity contribution in [2.75, 3.05) is 6.54 Å². The molecule has 17 heavy (non-hydrogen) atoms. The van der Waals surface area contributed by atoms with Crippen LogP contribution in [0, 0.1) is 0 Å². The van der Waals surface area contributed by atoms with Gasteiger partial charge in [0, 0.05) is 23.3 Å². The van der Waals surface area contributed by atoms with Gasteiger partial charge in [0.15, 0.2) is 0 Å². The topological polar surface area (TPSA) is 37.8 Å². The summed E-state index contributed by atoms with van der Waals surface area (Å²) in [6.07, 6.45) is 3.62. The zero-order valence-corrected chi connectivity index (χ0v) is 11.3. The molecule has 2 aromatic rings. The molecule has 1 N–H and O–H groups in total. The van der Waals surface area contributed by atoms with Crippen LogP contribution in [0.1, 0.15) is 24.8 Å². The van der Waals surface area contributed by atoms with E-state index in [9.17, 15) is 0 Å². The second-order valence-corrected chi connectivity index (χ2v) is 5.15. The van der Waals surface area contributed by atoms with E-state index < -0.39 is 0 Å². The van der Waals surface area contributed by atoms with Crippen molar-refractivity contribution in [3.8, 4) is 10.7 Å². The third kappa shape index (κ3) is 2.83. The highest BCUT2D eigenvalue weighted by molar-refractivity contribution is 7.15. The van der Waals surface area contributed by atoms with Crippen LogP contribution in [0.5, 0.6) is 0 Å². The number of aromatic nitrogens is 2. The Balaban J connectivity index is 2.27. The number of rotatable bonds is 4. The molecular weight excluding hydrogens is 254 g/mol. The second-order valence-electron chi connectivity index (χ2n) is 3.68. The third-order valence-corrected chi connectivity index (χ3v) is 3.91. The lowest BCUT2D eigenvalue weighted by Gasteiger charge is -2.08. The molecule has 0 saturated carbocycles. The summed E-state index contributed by atoms with van der Waals surface area (Å²) in [4.78, 5) is 9.84. The number of nitrogens with zero attached hydrogens (tertiary/aromatic N) is 2. The number of halogens is 1. The van der Waals surface area contributed by atoms with E-state index >= 15 is 0 Å². The van der Waals surface area contributed by atoms with Crippen molar-refractivity contribution >= 4 is 22.9 Å². The Morgan fingerprint density at radius 1 is 1.47 bits per heavy atom. The molecule has 2 rings (SSSR count). The van der Waals surface area contributed by atoms with Crippen LogP contribution in [0.25, 0.3) is 10.7 Å². The van der Waals surface area contributed by atoms with Crippen LogP contribution in [0.3, 0.4) is 0 Å². The van der Waals surface area contributed by atoms with Crippen LogP contribution in [0.15, 0.2) is 24.5 Å². The summed E-state index contributed by atoms with van der Waals surface area (Å²) in [5, 5.41) is 4.87. The van der Waals surface area contributed by atoms with Gasteiger partial charge in [0.05, 0.1) is 5.02 Å². The maximum atomic E-state index is 6.10. The van der Waals surface area contributed by atoms with Crippen molar-refractivity contribution < 1.29 is 0 Å². The van der Waals surface area contributed by atoms with Crippen LogP contribution >= 0.6 is 22.9 Å². The van der Waals surface area contributed by atoms with Crippen molar-refractivity contribution in [1.29, 1.82) is 0 Å². The van der Waals surface area contributed by atoms with Gasteiger partial charge in [-0.25, -0.2) is 4.98 Å². The lowest BCUT2D eigenvalue weighted by atomic mass is 10.3. The molecule has 0 radical (unpaired) electrons. The van der Waals surface area contributed by atoms with Crippen LogP contribution in [-0.2, 0) is 0 Å². The van der Waals surface area contributed by atoms with E-state index in [2.05, 4.69) is 29.1 Å². The summed E-state index contributed by atoms with van der Waals surface area (Å²) in [7, 11) is 0. The van der Waals surface area contributed by atoms with Gasteiger partial charge in [-0.3, -0.25) is 4.98 Å². The highest BCUT2D eigenvalue weighted by atomic mass is 35.5. The number of hydrogen-bond acceptors (Lipinski definition) is 4. The molecule has 1 unspecified atom stereocenters. The Labute approximate surface area is 110 Å². The molecule has 0 aliphatic carbocycles. The average molecular weight is 268 g/mol. The van der Waals surface area contributed by atoms with Crippen LogP contribution in [-0.4, -0.2) is 16.5 Å². The van der Waals surface area contributed by atoms with Crippen molar-refractivity contribution in [3.63, 3.8) is 0 Å². The molecule has 2 aromatic heterocycles. The molecule has 0 aromatic carbocycles. The van der Waals surface area contributed by atoms with Gasteiger partial charge in [-0.1, -0.05) is 18.5 Å². The minimum absolute atomic E-state index is 0.314. The minimum atomic E-state index is 0.314. The molecule has 0 aliphatic rings. The maximum absolute atomic E-state index is 6.10. The Morgan fingerprint density at radius 3 is 3.00 bits per heavy atom. The summed E-state index contributed by atoms with van der Waals surface area (Å²) >= 11 is 7.72. The van der Waals surface area contributed by atoms with E-state index in [-0.39, 0.29) is 0 Å². The first-order valence-corrected chi connectivity index (χ1v) is 6.71. The van der Waals surface area contributed by atoms with E-state index in [1.165, 1.54) is 4.88 Å². The van der Waals surface area contributed by atoms with Crippen molar-refractivity contribution in [1.82, 2.24) is 15.3 Å². The quantitative estimate of drug-likeness (QED) is 0.921. The van der Waals surface area contributed by atoms with Crippen LogP contribution in [0.2, 0.25) is 5.02 Å². The van der Waals surface area contributed by atoms with Crippen LogP contribution < -0.4 is 5.32 Å². The molecule has 0 fully saturated rings.